The molecule has 1 heterocycles. The number of nitrogens with zero attached hydrogens (tertiary/aromatic N) is 2. The zero-order chi connectivity index (χ0) is 26.1. The van der Waals surface area contributed by atoms with Crippen molar-refractivity contribution < 1.29 is 4.79 Å². The van der Waals surface area contributed by atoms with Crippen LogP contribution in [0.15, 0.2) is 45.8 Å². The van der Waals surface area contributed by atoms with Crippen LogP contribution in [0, 0.1) is 13.8 Å². The molecule has 2 rings (SSSR count). The molecule has 0 bridgehead atoms. The summed E-state index contributed by atoms with van der Waals surface area (Å²) in [7, 11) is 4.32. The molecule has 1 amide bonds. The van der Waals surface area contributed by atoms with E-state index in [1.807, 2.05) is 32.9 Å². The fourth-order valence-electron chi connectivity index (χ4n) is 4.76. The molecule has 0 radical (unpaired) electrons. The quantitative estimate of drug-likeness (QED) is 0.336. The Bertz CT molecular complexity index is 1000. The summed E-state index contributed by atoms with van der Waals surface area (Å²) in [6.07, 6.45) is 9.13. The van der Waals surface area contributed by atoms with Crippen molar-refractivity contribution in [3.63, 3.8) is 0 Å². The van der Waals surface area contributed by atoms with Crippen LogP contribution < -0.4 is 10.9 Å². The van der Waals surface area contributed by atoms with Crippen LogP contribution in [0.2, 0.25) is 0 Å². The summed E-state index contributed by atoms with van der Waals surface area (Å²) in [6, 6.07) is 3.13. The number of amides is 1. The minimum atomic E-state index is -0.280. The van der Waals surface area contributed by atoms with Crippen LogP contribution in [-0.2, 0) is 11.3 Å². The molecular formula is C28H43ClN4O2. The molecule has 6 nitrogen and oxygen atoms in total. The first-order valence-corrected chi connectivity index (χ1v) is 13.1. The van der Waals surface area contributed by atoms with E-state index in [0.29, 0.717) is 40.2 Å². The number of carbonyl (C=O) groups is 1. The third kappa shape index (κ3) is 8.48. The van der Waals surface area contributed by atoms with Crippen molar-refractivity contribution >= 4 is 17.5 Å². The third-order valence-corrected chi connectivity index (χ3v) is 7.36. The van der Waals surface area contributed by atoms with E-state index in [-0.39, 0.29) is 18.0 Å². The summed E-state index contributed by atoms with van der Waals surface area (Å²) in [4.78, 5) is 32.9. The number of halogens is 1. The molecule has 0 saturated heterocycles. The van der Waals surface area contributed by atoms with Gasteiger partial charge in [-0.2, -0.15) is 0 Å². The van der Waals surface area contributed by atoms with Gasteiger partial charge in [-0.1, -0.05) is 38.1 Å². The van der Waals surface area contributed by atoms with Gasteiger partial charge in [0.25, 0.3) is 11.5 Å². The number of aromatic amines is 1. The van der Waals surface area contributed by atoms with Gasteiger partial charge in [0.1, 0.15) is 0 Å². The molecule has 35 heavy (non-hydrogen) atoms. The Labute approximate surface area is 216 Å². The maximum absolute atomic E-state index is 13.0. The van der Waals surface area contributed by atoms with Gasteiger partial charge in [0, 0.05) is 47.0 Å². The van der Waals surface area contributed by atoms with Crippen LogP contribution in [0.4, 0.5) is 0 Å². The first-order chi connectivity index (χ1) is 16.6. The van der Waals surface area contributed by atoms with Gasteiger partial charge in [-0.15, -0.1) is 0 Å². The Balaban J connectivity index is 2.08. The fourth-order valence-corrected chi connectivity index (χ4v) is 4.94. The van der Waals surface area contributed by atoms with Crippen molar-refractivity contribution in [2.75, 3.05) is 27.2 Å². The summed E-state index contributed by atoms with van der Waals surface area (Å²) < 4.78 is 0. The maximum atomic E-state index is 13.0. The van der Waals surface area contributed by atoms with E-state index in [1.54, 1.807) is 6.08 Å². The molecule has 1 aromatic heterocycles. The van der Waals surface area contributed by atoms with E-state index in [2.05, 4.69) is 47.7 Å². The summed E-state index contributed by atoms with van der Waals surface area (Å²) in [5, 5.41) is 3.40. The molecule has 1 saturated carbocycles. The molecule has 194 valence electrons. The van der Waals surface area contributed by atoms with Crippen molar-refractivity contribution in [2.45, 2.75) is 78.4 Å². The van der Waals surface area contributed by atoms with Gasteiger partial charge in [0.15, 0.2) is 0 Å². The van der Waals surface area contributed by atoms with E-state index in [9.17, 15) is 9.59 Å². The predicted octanol–water partition coefficient (Wildman–Crippen LogP) is 4.82. The number of rotatable bonds is 11. The number of hydrogen-bond acceptors (Lipinski definition) is 4. The van der Waals surface area contributed by atoms with Gasteiger partial charge in [-0.05, 0) is 89.9 Å². The zero-order valence-electron chi connectivity index (χ0n) is 22.3. The van der Waals surface area contributed by atoms with Crippen LogP contribution in [0.5, 0.6) is 0 Å². The lowest BCUT2D eigenvalue weighted by Crippen LogP contribution is -2.42. The predicted molar refractivity (Wildman–Crippen MR) is 147 cm³/mol. The molecule has 1 fully saturated rings. The first kappa shape index (κ1) is 29.1. The number of aryl methyl sites for hydroxylation is 2. The Hall–Kier alpha value is -2.15. The fraction of sp³-hybridized carbons (Fsp3) is 0.571. The van der Waals surface area contributed by atoms with Gasteiger partial charge in [0.2, 0.25) is 0 Å². The largest absolute Gasteiger partial charge is 0.348 e. The van der Waals surface area contributed by atoms with Crippen LogP contribution in [0.3, 0.4) is 0 Å². The maximum Gasteiger partial charge on any atom is 0.253 e. The van der Waals surface area contributed by atoms with Gasteiger partial charge in [0.05, 0.1) is 0 Å². The second-order valence-corrected chi connectivity index (χ2v) is 10.2. The van der Waals surface area contributed by atoms with Crippen molar-refractivity contribution in [1.29, 1.82) is 0 Å². The van der Waals surface area contributed by atoms with E-state index >= 15 is 0 Å². The van der Waals surface area contributed by atoms with E-state index < -0.39 is 0 Å². The SMILES string of the molecule is C=C(CC)C(=CC(Cl)=CCN(CC)C1CCC(N(C)C)CC1)C(=O)NCc1c(C)cc(C)[nH]c1=O. The highest BCUT2D eigenvalue weighted by atomic mass is 35.5. The Morgan fingerprint density at radius 2 is 1.83 bits per heavy atom. The third-order valence-electron chi connectivity index (χ3n) is 7.09. The molecule has 0 aliphatic heterocycles. The average molecular weight is 503 g/mol. The lowest BCUT2D eigenvalue weighted by molar-refractivity contribution is -0.117. The Kier molecular flexibility index (Phi) is 11.5. The van der Waals surface area contributed by atoms with E-state index in [0.717, 1.165) is 24.3 Å². The van der Waals surface area contributed by atoms with Crippen LogP contribution >= 0.6 is 11.6 Å². The van der Waals surface area contributed by atoms with E-state index in [1.165, 1.54) is 25.7 Å². The molecule has 1 aliphatic carbocycles. The van der Waals surface area contributed by atoms with Crippen LogP contribution in [0.1, 0.15) is 62.8 Å². The van der Waals surface area contributed by atoms with Gasteiger partial charge in [-0.25, -0.2) is 0 Å². The highest BCUT2D eigenvalue weighted by molar-refractivity contribution is 6.31. The molecule has 0 atom stereocenters. The van der Waals surface area contributed by atoms with Crippen LogP contribution in [-0.4, -0.2) is 60.0 Å². The molecule has 1 aromatic rings. The molecule has 7 heteroatoms. The molecular weight excluding hydrogens is 460 g/mol. The second-order valence-electron chi connectivity index (χ2n) is 9.74. The number of hydrogen-bond donors (Lipinski definition) is 2. The van der Waals surface area contributed by atoms with Gasteiger partial charge < -0.3 is 15.2 Å². The summed E-state index contributed by atoms with van der Waals surface area (Å²) in [5.74, 6) is -0.280. The Morgan fingerprint density at radius 1 is 1.20 bits per heavy atom. The number of H-pyrrole nitrogens is 1. The van der Waals surface area contributed by atoms with Crippen molar-refractivity contribution in [1.82, 2.24) is 20.1 Å². The number of pyridine rings is 1. The number of nitrogens with one attached hydrogen (secondary N) is 2. The number of aromatic nitrogens is 1. The lowest BCUT2D eigenvalue weighted by atomic mass is 9.89. The molecule has 0 aromatic carbocycles. The normalized spacial score (nSPS) is 19.3. The molecule has 1 aliphatic rings. The smallest absolute Gasteiger partial charge is 0.253 e. The van der Waals surface area contributed by atoms with Crippen molar-refractivity contribution in [3.05, 3.63) is 68.2 Å². The van der Waals surface area contributed by atoms with E-state index in [4.69, 9.17) is 11.6 Å². The van der Waals surface area contributed by atoms with Gasteiger partial charge >= 0.3 is 0 Å². The molecule has 0 unspecified atom stereocenters. The monoisotopic (exact) mass is 502 g/mol. The molecule has 2 N–H and O–H groups in total. The minimum Gasteiger partial charge on any atom is -0.348 e. The van der Waals surface area contributed by atoms with Crippen molar-refractivity contribution in [2.24, 2.45) is 0 Å². The summed E-state index contributed by atoms with van der Waals surface area (Å²) >= 11 is 6.59. The topological polar surface area (TPSA) is 68.4 Å². The minimum absolute atomic E-state index is 0.148. The zero-order valence-corrected chi connectivity index (χ0v) is 23.1. The molecule has 0 spiro atoms. The number of likely N-dealkylation sites (N-methyl/N-ethyl adjacent to an activating group) is 1. The standard InChI is InChI=1S/C28H43ClN4O2/c1-8-19(3)25(27(34)30-18-26-20(4)16-21(5)31-28(26)35)17-22(29)14-15-33(9-2)24-12-10-23(11-13-24)32(6)7/h14,16-17,23-24H,3,8-13,15,18H2,1-2,4-7H3,(H,30,34)(H,31,35). The number of carbonyl (C=O) groups excluding carboxylic acids is 1. The van der Waals surface area contributed by atoms with Crippen LogP contribution in [0.25, 0.3) is 0 Å². The average Bonchev–Trinajstić information content (AvgIpc) is 2.81. The lowest BCUT2D eigenvalue weighted by Gasteiger charge is -2.38. The van der Waals surface area contributed by atoms with Crippen molar-refractivity contribution in [3.8, 4) is 0 Å². The number of allylic oxidation sites excluding steroid dienone is 2. The van der Waals surface area contributed by atoms with Gasteiger partial charge in [-0.3, -0.25) is 14.5 Å². The Morgan fingerprint density at radius 3 is 2.37 bits per heavy atom. The second kappa shape index (κ2) is 13.8. The highest BCUT2D eigenvalue weighted by Gasteiger charge is 2.25. The summed E-state index contributed by atoms with van der Waals surface area (Å²) in [6.45, 7) is 13.8. The highest BCUT2D eigenvalue weighted by Crippen LogP contribution is 2.26. The summed E-state index contributed by atoms with van der Waals surface area (Å²) in [5.41, 5.74) is 3.17. The first-order valence-electron chi connectivity index (χ1n) is 12.7.